The summed E-state index contributed by atoms with van der Waals surface area (Å²) in [4.78, 5) is 16.2. The van der Waals surface area contributed by atoms with Crippen LogP contribution in [0.4, 0.5) is 0 Å². The monoisotopic (exact) mass is 663 g/mol. The third kappa shape index (κ3) is 7.96. The summed E-state index contributed by atoms with van der Waals surface area (Å²) in [5.41, 5.74) is 8.24. The molecule has 4 aromatic rings. The molecule has 2 aromatic carbocycles. The number of aliphatic hydroxyl groups excluding tert-OH is 1. The second kappa shape index (κ2) is 11.9. The van der Waals surface area contributed by atoms with Gasteiger partial charge in [0.25, 0.3) is 0 Å². The molecular formula is C30H32IrNO2S-. The topological polar surface area (TPSA) is 50.2 Å². The van der Waals surface area contributed by atoms with E-state index in [-0.39, 0.29) is 37.1 Å². The Morgan fingerprint density at radius 2 is 1.66 bits per heavy atom. The van der Waals surface area contributed by atoms with Gasteiger partial charge >= 0.3 is 0 Å². The predicted octanol–water partition coefficient (Wildman–Crippen LogP) is 8.38. The Morgan fingerprint density at radius 1 is 1.00 bits per heavy atom. The number of hydrogen-bond donors (Lipinski definition) is 1. The van der Waals surface area contributed by atoms with Gasteiger partial charge in [-0.05, 0) is 49.6 Å². The number of pyridine rings is 1. The molecule has 2 aromatic heterocycles. The van der Waals surface area contributed by atoms with Crippen LogP contribution in [0.5, 0.6) is 0 Å². The van der Waals surface area contributed by atoms with Gasteiger partial charge in [-0.15, -0.1) is 46.2 Å². The number of carbonyl (C=O) groups is 1. The van der Waals surface area contributed by atoms with Crippen LogP contribution in [-0.4, -0.2) is 15.9 Å². The zero-order valence-corrected chi connectivity index (χ0v) is 24.5. The summed E-state index contributed by atoms with van der Waals surface area (Å²) >= 11 is 1.80. The van der Waals surface area contributed by atoms with E-state index in [4.69, 9.17) is 10.1 Å². The van der Waals surface area contributed by atoms with Crippen molar-refractivity contribution < 1.29 is 30.0 Å². The molecule has 0 atom stereocenters. The van der Waals surface area contributed by atoms with E-state index in [1.807, 2.05) is 0 Å². The number of benzene rings is 2. The van der Waals surface area contributed by atoms with Gasteiger partial charge in [-0.2, -0.15) is 0 Å². The summed E-state index contributed by atoms with van der Waals surface area (Å²) in [5, 5.41) is 8.36. The number of aryl methyl sites for hydroxylation is 2. The quantitative estimate of drug-likeness (QED) is 0.136. The van der Waals surface area contributed by atoms with E-state index in [1.54, 1.807) is 11.3 Å². The van der Waals surface area contributed by atoms with Gasteiger partial charge in [0.2, 0.25) is 0 Å². The van der Waals surface area contributed by atoms with Crippen LogP contribution in [0.15, 0.2) is 66.4 Å². The molecular weight excluding hydrogens is 631 g/mol. The number of thiophene rings is 1. The zero-order chi connectivity index (χ0) is 25.0. The molecule has 0 aliphatic rings. The van der Waals surface area contributed by atoms with Crippen LogP contribution in [-0.2, 0) is 30.3 Å². The fourth-order valence-corrected chi connectivity index (χ4v) is 4.52. The van der Waals surface area contributed by atoms with Crippen molar-refractivity contribution in [3.05, 3.63) is 89.2 Å². The summed E-state index contributed by atoms with van der Waals surface area (Å²) in [6, 6.07) is 23.1. The maximum absolute atomic E-state index is 10.0. The van der Waals surface area contributed by atoms with Crippen molar-refractivity contribution in [1.29, 1.82) is 0 Å². The summed E-state index contributed by atoms with van der Waals surface area (Å²) in [6.07, 6.45) is 1.17. The van der Waals surface area contributed by atoms with Crippen LogP contribution in [0.1, 0.15) is 51.3 Å². The second-order valence-electron chi connectivity index (χ2n) is 9.67. The number of allylic oxidation sites excluding steroid dienone is 2. The van der Waals surface area contributed by atoms with Crippen molar-refractivity contribution >= 4 is 27.3 Å². The van der Waals surface area contributed by atoms with Gasteiger partial charge in [-0.25, -0.2) is 0 Å². The van der Waals surface area contributed by atoms with Crippen LogP contribution in [0, 0.1) is 19.9 Å². The summed E-state index contributed by atoms with van der Waals surface area (Å²) < 4.78 is 1.22. The van der Waals surface area contributed by atoms with Crippen LogP contribution < -0.4 is 0 Å². The Hall–Kier alpha value is -2.59. The van der Waals surface area contributed by atoms with Crippen LogP contribution >= 0.6 is 11.3 Å². The average Bonchev–Trinajstić information content (AvgIpc) is 3.16. The van der Waals surface area contributed by atoms with E-state index < -0.39 is 0 Å². The van der Waals surface area contributed by atoms with Gasteiger partial charge in [0.15, 0.2) is 5.78 Å². The molecule has 0 saturated carbocycles. The third-order valence-electron chi connectivity index (χ3n) is 5.27. The number of fused-ring (bicyclic) bond motifs is 1. The molecule has 0 aliphatic carbocycles. The third-order valence-corrected chi connectivity index (χ3v) is 6.41. The Kier molecular flexibility index (Phi) is 9.74. The van der Waals surface area contributed by atoms with Crippen molar-refractivity contribution in [3.8, 4) is 21.7 Å². The second-order valence-corrected chi connectivity index (χ2v) is 10.8. The normalized spacial score (nSPS) is 11.5. The molecule has 0 fully saturated rings. The van der Waals surface area contributed by atoms with Gasteiger partial charge in [-0.3, -0.25) is 9.78 Å². The minimum absolute atomic E-state index is 0. The summed E-state index contributed by atoms with van der Waals surface area (Å²) in [5.74, 6) is -0.0625. The maximum atomic E-state index is 10.0. The predicted molar refractivity (Wildman–Crippen MR) is 145 cm³/mol. The van der Waals surface area contributed by atoms with Crippen LogP contribution in [0.2, 0.25) is 0 Å². The van der Waals surface area contributed by atoms with Gasteiger partial charge in [0.1, 0.15) is 0 Å². The number of hydrogen-bond acceptors (Lipinski definition) is 4. The molecule has 185 valence electrons. The van der Waals surface area contributed by atoms with Gasteiger partial charge < -0.3 is 5.11 Å². The Bertz CT molecular complexity index is 1340. The van der Waals surface area contributed by atoms with Gasteiger partial charge in [-0.1, -0.05) is 63.6 Å². The molecule has 1 N–H and O–H groups in total. The van der Waals surface area contributed by atoms with Crippen LogP contribution in [0.3, 0.4) is 0 Å². The average molecular weight is 663 g/mol. The number of aromatic nitrogens is 1. The maximum Gasteiger partial charge on any atom is 0.155 e. The molecule has 2 heterocycles. The van der Waals surface area contributed by atoms with Gasteiger partial charge in [0.05, 0.1) is 16.0 Å². The minimum Gasteiger partial charge on any atom is -0.512 e. The minimum atomic E-state index is -0.125. The van der Waals surface area contributed by atoms with Crippen molar-refractivity contribution in [3.63, 3.8) is 0 Å². The molecule has 0 saturated heterocycles. The smallest absolute Gasteiger partial charge is 0.155 e. The molecule has 0 aliphatic heterocycles. The van der Waals surface area contributed by atoms with Crippen molar-refractivity contribution in [1.82, 2.24) is 4.98 Å². The van der Waals surface area contributed by atoms with E-state index in [1.165, 1.54) is 46.2 Å². The fraction of sp³-hybridized carbons (Fsp3) is 0.267. The Labute approximate surface area is 226 Å². The number of nitrogens with zero attached hydrogens (tertiary/aromatic N) is 1. The van der Waals surface area contributed by atoms with Gasteiger partial charge in [0, 0.05) is 31.1 Å². The molecule has 35 heavy (non-hydrogen) atoms. The van der Waals surface area contributed by atoms with E-state index >= 15 is 0 Å². The summed E-state index contributed by atoms with van der Waals surface area (Å²) in [6.45, 7) is 13.8. The molecule has 0 spiro atoms. The Morgan fingerprint density at radius 3 is 2.20 bits per heavy atom. The first-order chi connectivity index (χ1) is 15.9. The number of carbonyl (C=O) groups excluding carboxylic acids is 1. The number of ketones is 1. The summed E-state index contributed by atoms with van der Waals surface area (Å²) in [7, 11) is 0. The molecule has 1 radical (unpaired) electrons. The molecule has 3 nitrogen and oxygen atoms in total. The fourth-order valence-electron chi connectivity index (χ4n) is 3.51. The van der Waals surface area contributed by atoms with E-state index in [2.05, 4.69) is 95.3 Å². The standard InChI is InChI=1S/C25H24NS.C5H8O2.Ir/c1-16-6-8-18(9-7-16)24-15-22-23(27-24)11-10-21(26-22)19-12-17(2)13-20(14-19)25(3,4)5;1-4(6)3-5(2)7;/h6-11,13-15H,1-5H3;3,6H,1-2H3;/q-1;;/b;4-3-;. The largest absolute Gasteiger partial charge is 0.512 e. The van der Waals surface area contributed by atoms with Crippen LogP contribution in [0.25, 0.3) is 31.9 Å². The molecule has 0 amide bonds. The first kappa shape index (κ1) is 28.6. The van der Waals surface area contributed by atoms with E-state index in [0.29, 0.717) is 0 Å². The molecule has 5 heteroatoms. The van der Waals surface area contributed by atoms with E-state index in [0.717, 1.165) is 22.3 Å². The number of rotatable bonds is 3. The van der Waals surface area contributed by atoms with Crippen molar-refractivity contribution in [2.45, 2.75) is 53.9 Å². The molecule has 0 unspecified atom stereocenters. The molecule has 4 rings (SSSR count). The zero-order valence-electron chi connectivity index (χ0n) is 21.3. The SMILES string of the molecule is CC(=O)/C=C(/C)O.Cc1[c-]c(-c2ccc3sc(-c4ccc(C)cc4)cc3n2)cc(C(C)(C)C)c1.[Ir]. The molecule has 0 bridgehead atoms. The van der Waals surface area contributed by atoms with Crippen molar-refractivity contribution in [2.24, 2.45) is 0 Å². The van der Waals surface area contributed by atoms with Crippen molar-refractivity contribution in [2.75, 3.05) is 0 Å². The number of aliphatic hydroxyl groups is 1. The first-order valence-electron chi connectivity index (χ1n) is 11.3. The van der Waals surface area contributed by atoms with E-state index in [9.17, 15) is 4.79 Å². The Balaban J connectivity index is 0.000000476. The first-order valence-corrected chi connectivity index (χ1v) is 12.1.